The first kappa shape index (κ1) is 16.7. The van der Waals surface area contributed by atoms with Crippen molar-refractivity contribution in [3.8, 4) is 0 Å². The highest BCUT2D eigenvalue weighted by Gasteiger charge is 2.37. The van der Waals surface area contributed by atoms with Gasteiger partial charge in [-0.15, -0.1) is 0 Å². The van der Waals surface area contributed by atoms with Gasteiger partial charge in [-0.1, -0.05) is 26.8 Å². The predicted octanol–water partition coefficient (Wildman–Crippen LogP) is 3.82. The van der Waals surface area contributed by atoms with Crippen LogP contribution in [-0.2, 0) is 10.8 Å². The van der Waals surface area contributed by atoms with Crippen LogP contribution in [0.15, 0.2) is 23.1 Å². The second-order valence-corrected chi connectivity index (χ2v) is 8.34. The Morgan fingerprint density at radius 1 is 1.19 bits per heavy atom. The summed E-state index contributed by atoms with van der Waals surface area (Å²) in [6, 6.07) is 6.63. The third kappa shape index (κ3) is 3.75. The van der Waals surface area contributed by atoms with E-state index in [-0.39, 0.29) is 5.25 Å². The maximum atomic E-state index is 13.1. The van der Waals surface area contributed by atoms with Gasteiger partial charge in [0.1, 0.15) is 0 Å². The zero-order chi connectivity index (χ0) is 15.6. The summed E-state index contributed by atoms with van der Waals surface area (Å²) in [5, 5.41) is 3.80. The van der Waals surface area contributed by atoms with Crippen LogP contribution in [0.4, 0.5) is 0 Å². The summed E-state index contributed by atoms with van der Waals surface area (Å²) in [6.45, 7) is 11.9. The number of aryl methyl sites for hydroxylation is 2. The lowest BCUT2D eigenvalue weighted by molar-refractivity contribution is 0.248. The van der Waals surface area contributed by atoms with Crippen LogP contribution >= 0.6 is 0 Å². The van der Waals surface area contributed by atoms with Crippen LogP contribution in [-0.4, -0.2) is 22.0 Å². The summed E-state index contributed by atoms with van der Waals surface area (Å²) in [5.74, 6) is 1.22. The van der Waals surface area contributed by atoms with Crippen molar-refractivity contribution in [2.24, 2.45) is 11.8 Å². The van der Waals surface area contributed by atoms with Crippen molar-refractivity contribution in [3.05, 3.63) is 29.3 Å². The van der Waals surface area contributed by atoms with Crippen molar-refractivity contribution in [1.82, 2.24) is 5.32 Å². The minimum Gasteiger partial charge on any atom is -0.313 e. The Balaban J connectivity index is 2.27. The molecule has 0 saturated heterocycles. The summed E-state index contributed by atoms with van der Waals surface area (Å²) >= 11 is 0. The van der Waals surface area contributed by atoms with Gasteiger partial charge in [0.05, 0.1) is 16.0 Å². The van der Waals surface area contributed by atoms with E-state index >= 15 is 0 Å². The molecule has 0 spiro atoms. The summed E-state index contributed by atoms with van der Waals surface area (Å²) in [6.07, 6.45) is 2.32. The van der Waals surface area contributed by atoms with Gasteiger partial charge < -0.3 is 5.32 Å². The Hall–Kier alpha value is -0.670. The van der Waals surface area contributed by atoms with Crippen LogP contribution in [0.2, 0.25) is 0 Å². The molecule has 1 aromatic rings. The van der Waals surface area contributed by atoms with E-state index in [1.165, 1.54) is 17.5 Å². The van der Waals surface area contributed by atoms with E-state index < -0.39 is 10.8 Å². The molecule has 21 heavy (non-hydrogen) atoms. The van der Waals surface area contributed by atoms with Gasteiger partial charge in [-0.2, -0.15) is 0 Å². The molecule has 1 aliphatic rings. The second-order valence-electron chi connectivity index (χ2n) is 6.73. The zero-order valence-electron chi connectivity index (χ0n) is 14.0. The predicted molar refractivity (Wildman–Crippen MR) is 91.1 cm³/mol. The molecule has 1 N–H and O–H groups in total. The Bertz CT molecular complexity index is 514. The summed E-state index contributed by atoms with van der Waals surface area (Å²) in [4.78, 5) is 0.993. The smallest absolute Gasteiger partial charge is 0.0579 e. The number of hydrogen-bond donors (Lipinski definition) is 1. The maximum Gasteiger partial charge on any atom is 0.0579 e. The van der Waals surface area contributed by atoms with E-state index in [9.17, 15) is 4.21 Å². The lowest BCUT2D eigenvalue weighted by atomic mass is 9.80. The molecule has 1 aromatic carbocycles. The molecule has 0 amide bonds. The number of benzene rings is 1. The summed E-state index contributed by atoms with van der Waals surface area (Å²) in [7, 11) is -0.927. The van der Waals surface area contributed by atoms with E-state index in [2.05, 4.69) is 52.1 Å². The minimum atomic E-state index is -0.927. The monoisotopic (exact) mass is 307 g/mol. The van der Waals surface area contributed by atoms with E-state index in [1.54, 1.807) is 0 Å². The van der Waals surface area contributed by atoms with Crippen LogP contribution < -0.4 is 5.32 Å². The molecule has 1 saturated carbocycles. The van der Waals surface area contributed by atoms with Gasteiger partial charge in [-0.3, -0.25) is 4.21 Å². The average molecular weight is 308 g/mol. The van der Waals surface area contributed by atoms with Crippen LogP contribution in [0.25, 0.3) is 0 Å². The molecule has 2 rings (SSSR count). The largest absolute Gasteiger partial charge is 0.313 e. The van der Waals surface area contributed by atoms with Crippen LogP contribution in [0.1, 0.15) is 44.7 Å². The highest BCUT2D eigenvalue weighted by molar-refractivity contribution is 7.85. The van der Waals surface area contributed by atoms with Crippen LogP contribution in [0, 0.1) is 25.7 Å². The van der Waals surface area contributed by atoms with Crippen molar-refractivity contribution in [2.45, 2.75) is 63.6 Å². The van der Waals surface area contributed by atoms with Crippen molar-refractivity contribution < 1.29 is 4.21 Å². The van der Waals surface area contributed by atoms with Gasteiger partial charge >= 0.3 is 0 Å². The first-order valence-corrected chi connectivity index (χ1v) is 9.36. The Labute approximate surface area is 132 Å². The van der Waals surface area contributed by atoms with Crippen molar-refractivity contribution in [1.29, 1.82) is 0 Å². The normalized spacial score (nSPS) is 31.1. The zero-order valence-corrected chi connectivity index (χ0v) is 14.8. The molecule has 3 heteroatoms. The van der Waals surface area contributed by atoms with Crippen molar-refractivity contribution in [2.75, 3.05) is 6.54 Å². The van der Waals surface area contributed by atoms with Crippen LogP contribution in [0.5, 0.6) is 0 Å². The third-order valence-electron chi connectivity index (χ3n) is 4.81. The van der Waals surface area contributed by atoms with Gasteiger partial charge in [-0.05, 0) is 68.3 Å². The molecule has 0 radical (unpaired) electrons. The van der Waals surface area contributed by atoms with Crippen LogP contribution in [0.3, 0.4) is 0 Å². The molecule has 0 aromatic heterocycles. The van der Waals surface area contributed by atoms with Crippen molar-refractivity contribution in [3.63, 3.8) is 0 Å². The molecule has 0 aliphatic heterocycles. The molecule has 1 fully saturated rings. The van der Waals surface area contributed by atoms with Gasteiger partial charge in [0.2, 0.25) is 0 Å². The van der Waals surface area contributed by atoms with E-state index in [1.807, 2.05) is 6.07 Å². The first-order chi connectivity index (χ1) is 9.93. The first-order valence-electron chi connectivity index (χ1n) is 8.15. The Morgan fingerprint density at radius 3 is 2.52 bits per heavy atom. The van der Waals surface area contributed by atoms with E-state index in [0.717, 1.165) is 23.8 Å². The average Bonchev–Trinajstić information content (AvgIpc) is 2.41. The maximum absolute atomic E-state index is 13.1. The molecule has 5 atom stereocenters. The molecule has 1 aliphatic carbocycles. The number of nitrogens with one attached hydrogen (secondary N) is 1. The Morgan fingerprint density at radius 2 is 1.90 bits per heavy atom. The van der Waals surface area contributed by atoms with Gasteiger partial charge in [-0.25, -0.2) is 0 Å². The van der Waals surface area contributed by atoms with E-state index in [0.29, 0.717) is 12.0 Å². The van der Waals surface area contributed by atoms with Gasteiger partial charge in [0, 0.05) is 10.9 Å². The molecule has 0 bridgehead atoms. The molecule has 2 nitrogen and oxygen atoms in total. The summed E-state index contributed by atoms with van der Waals surface area (Å²) in [5.41, 5.74) is 2.50. The SMILES string of the molecule is CCNC1CC(C)CC(C)C1S(=O)c1ccc(C)c(C)c1. The highest BCUT2D eigenvalue weighted by Crippen LogP contribution is 2.34. The topological polar surface area (TPSA) is 29.1 Å². The highest BCUT2D eigenvalue weighted by atomic mass is 32.2. The molecular weight excluding hydrogens is 278 g/mol. The molecular formula is C18H29NOS. The quantitative estimate of drug-likeness (QED) is 0.916. The minimum absolute atomic E-state index is 0.225. The second kappa shape index (κ2) is 7.06. The third-order valence-corrected chi connectivity index (χ3v) is 6.82. The fraction of sp³-hybridized carbons (Fsp3) is 0.667. The standard InChI is InChI=1S/C18H29NOS/c1-6-19-17-10-12(2)9-15(5)18(17)21(20)16-8-7-13(3)14(4)11-16/h7-8,11-12,15,17-19H,6,9-10H2,1-5H3. The fourth-order valence-corrected chi connectivity index (χ4v) is 5.50. The molecule has 5 unspecified atom stereocenters. The van der Waals surface area contributed by atoms with Gasteiger partial charge in [0.25, 0.3) is 0 Å². The fourth-order valence-electron chi connectivity index (χ4n) is 3.65. The van der Waals surface area contributed by atoms with Gasteiger partial charge in [0.15, 0.2) is 0 Å². The summed E-state index contributed by atoms with van der Waals surface area (Å²) < 4.78 is 13.1. The lowest BCUT2D eigenvalue weighted by Crippen LogP contribution is -2.50. The number of rotatable bonds is 4. The van der Waals surface area contributed by atoms with Crippen molar-refractivity contribution >= 4 is 10.8 Å². The number of hydrogen-bond acceptors (Lipinski definition) is 2. The van der Waals surface area contributed by atoms with E-state index in [4.69, 9.17) is 0 Å². The Kier molecular flexibility index (Phi) is 5.61. The molecule has 0 heterocycles. The molecule has 118 valence electrons. The lowest BCUT2D eigenvalue weighted by Gasteiger charge is -2.39.